The third-order valence-electron chi connectivity index (χ3n) is 3.86. The minimum Gasteiger partial charge on any atom is -0.491 e. The van der Waals surface area contributed by atoms with E-state index in [9.17, 15) is 0 Å². The molecule has 2 rings (SSSR count). The average molecular weight is 287 g/mol. The van der Waals surface area contributed by atoms with Gasteiger partial charge in [0.15, 0.2) is 0 Å². The Morgan fingerprint density at radius 3 is 2.48 bits per heavy atom. The highest BCUT2D eigenvalue weighted by atomic mass is 16.5. The Balaban J connectivity index is 1.64. The Labute approximate surface area is 127 Å². The number of benzene rings is 1. The maximum atomic E-state index is 5.87. The standard InChI is InChI=1S/C18H25NO2/c1-15-4-8-17(9-5-15)20-13-14-21-18-10-6-16(7-11-18)3-2-12-19/h6-7,10-11,15,17H,4-5,8-9,12-14,19H2,1H3. The summed E-state index contributed by atoms with van der Waals surface area (Å²) < 4.78 is 11.5. The van der Waals surface area contributed by atoms with Gasteiger partial charge in [-0.1, -0.05) is 18.8 Å². The van der Waals surface area contributed by atoms with Crippen molar-refractivity contribution in [3.63, 3.8) is 0 Å². The molecule has 2 N–H and O–H groups in total. The van der Waals surface area contributed by atoms with Crippen LogP contribution in [0.25, 0.3) is 0 Å². The van der Waals surface area contributed by atoms with Crippen LogP contribution in [0.5, 0.6) is 5.75 Å². The quantitative estimate of drug-likeness (QED) is 0.669. The second-order valence-corrected chi connectivity index (χ2v) is 5.63. The van der Waals surface area contributed by atoms with E-state index in [0.29, 0.717) is 25.9 Å². The topological polar surface area (TPSA) is 44.5 Å². The zero-order valence-corrected chi connectivity index (χ0v) is 12.8. The Morgan fingerprint density at radius 1 is 1.10 bits per heavy atom. The summed E-state index contributed by atoms with van der Waals surface area (Å²) in [6.07, 6.45) is 5.39. The van der Waals surface area contributed by atoms with Crippen LogP contribution in [0.3, 0.4) is 0 Å². The highest BCUT2D eigenvalue weighted by molar-refractivity contribution is 5.38. The molecule has 0 spiro atoms. The molecule has 0 aliphatic heterocycles. The van der Waals surface area contributed by atoms with Gasteiger partial charge in [0, 0.05) is 5.56 Å². The summed E-state index contributed by atoms with van der Waals surface area (Å²) >= 11 is 0. The molecule has 0 bridgehead atoms. The van der Waals surface area contributed by atoms with E-state index >= 15 is 0 Å². The molecule has 0 saturated heterocycles. The molecule has 0 atom stereocenters. The zero-order chi connectivity index (χ0) is 14.9. The summed E-state index contributed by atoms with van der Waals surface area (Å²) in [6, 6.07) is 7.76. The van der Waals surface area contributed by atoms with E-state index in [2.05, 4.69) is 18.8 Å². The van der Waals surface area contributed by atoms with Gasteiger partial charge in [0.1, 0.15) is 12.4 Å². The van der Waals surface area contributed by atoms with Crippen molar-refractivity contribution in [2.45, 2.75) is 38.7 Å². The molecule has 21 heavy (non-hydrogen) atoms. The van der Waals surface area contributed by atoms with E-state index in [4.69, 9.17) is 15.2 Å². The predicted molar refractivity (Wildman–Crippen MR) is 85.2 cm³/mol. The van der Waals surface area contributed by atoms with Gasteiger partial charge in [0.25, 0.3) is 0 Å². The molecule has 3 nitrogen and oxygen atoms in total. The van der Waals surface area contributed by atoms with Gasteiger partial charge in [-0.15, -0.1) is 0 Å². The van der Waals surface area contributed by atoms with Crippen LogP contribution in [0.1, 0.15) is 38.2 Å². The smallest absolute Gasteiger partial charge is 0.119 e. The van der Waals surface area contributed by atoms with Crippen LogP contribution in [0, 0.1) is 17.8 Å². The summed E-state index contributed by atoms with van der Waals surface area (Å²) in [7, 11) is 0. The summed E-state index contributed by atoms with van der Waals surface area (Å²) in [6.45, 7) is 3.96. The molecular formula is C18H25NO2. The summed E-state index contributed by atoms with van der Waals surface area (Å²) in [4.78, 5) is 0. The minimum atomic E-state index is 0.384. The van der Waals surface area contributed by atoms with Gasteiger partial charge in [-0.2, -0.15) is 0 Å². The second-order valence-electron chi connectivity index (χ2n) is 5.63. The van der Waals surface area contributed by atoms with E-state index in [1.807, 2.05) is 24.3 Å². The number of nitrogens with two attached hydrogens (primary N) is 1. The van der Waals surface area contributed by atoms with Crippen molar-refractivity contribution in [2.75, 3.05) is 19.8 Å². The fraction of sp³-hybridized carbons (Fsp3) is 0.556. The largest absolute Gasteiger partial charge is 0.491 e. The molecule has 1 aromatic carbocycles. The van der Waals surface area contributed by atoms with Crippen molar-refractivity contribution in [1.82, 2.24) is 0 Å². The molecule has 1 aliphatic rings. The fourth-order valence-corrected chi connectivity index (χ4v) is 2.56. The molecule has 1 aliphatic carbocycles. The molecule has 114 valence electrons. The van der Waals surface area contributed by atoms with Crippen LogP contribution in [0.15, 0.2) is 24.3 Å². The minimum absolute atomic E-state index is 0.384. The number of hydrogen-bond donors (Lipinski definition) is 1. The first-order chi connectivity index (χ1) is 10.3. The highest BCUT2D eigenvalue weighted by Crippen LogP contribution is 2.25. The lowest BCUT2D eigenvalue weighted by Gasteiger charge is -2.26. The number of rotatable bonds is 5. The molecule has 1 fully saturated rings. The molecule has 0 aromatic heterocycles. The molecule has 0 heterocycles. The Hall–Kier alpha value is -1.50. The fourth-order valence-electron chi connectivity index (χ4n) is 2.56. The SMILES string of the molecule is CC1CCC(OCCOc2ccc(C#CCN)cc2)CC1. The van der Waals surface area contributed by atoms with E-state index in [1.165, 1.54) is 25.7 Å². The van der Waals surface area contributed by atoms with E-state index < -0.39 is 0 Å². The summed E-state index contributed by atoms with van der Waals surface area (Å²) in [5.41, 5.74) is 6.30. The van der Waals surface area contributed by atoms with E-state index in [0.717, 1.165) is 17.2 Å². The average Bonchev–Trinajstić information content (AvgIpc) is 2.52. The van der Waals surface area contributed by atoms with Crippen molar-refractivity contribution in [1.29, 1.82) is 0 Å². The van der Waals surface area contributed by atoms with Crippen LogP contribution in [0.2, 0.25) is 0 Å². The van der Waals surface area contributed by atoms with Gasteiger partial charge in [-0.05, 0) is 55.9 Å². The van der Waals surface area contributed by atoms with Crippen molar-refractivity contribution < 1.29 is 9.47 Å². The molecule has 1 saturated carbocycles. The van der Waals surface area contributed by atoms with Crippen LogP contribution in [-0.4, -0.2) is 25.9 Å². The lowest BCUT2D eigenvalue weighted by atomic mass is 9.89. The molecule has 0 amide bonds. The molecule has 1 aromatic rings. The van der Waals surface area contributed by atoms with Crippen LogP contribution < -0.4 is 10.5 Å². The number of hydrogen-bond acceptors (Lipinski definition) is 3. The predicted octanol–water partition coefficient (Wildman–Crippen LogP) is 2.97. The van der Waals surface area contributed by atoms with Gasteiger partial charge in [-0.25, -0.2) is 0 Å². The van der Waals surface area contributed by atoms with Crippen LogP contribution in [-0.2, 0) is 4.74 Å². The molecule has 3 heteroatoms. The normalized spacial score (nSPS) is 21.4. The van der Waals surface area contributed by atoms with Crippen molar-refractivity contribution >= 4 is 0 Å². The van der Waals surface area contributed by atoms with Gasteiger partial charge < -0.3 is 15.2 Å². The van der Waals surface area contributed by atoms with E-state index in [-0.39, 0.29) is 0 Å². The van der Waals surface area contributed by atoms with Gasteiger partial charge in [-0.3, -0.25) is 0 Å². The zero-order valence-electron chi connectivity index (χ0n) is 12.8. The van der Waals surface area contributed by atoms with Gasteiger partial charge >= 0.3 is 0 Å². The van der Waals surface area contributed by atoms with Gasteiger partial charge in [0.2, 0.25) is 0 Å². The first-order valence-electron chi connectivity index (χ1n) is 7.81. The van der Waals surface area contributed by atoms with Crippen molar-refractivity contribution in [3.8, 4) is 17.6 Å². The summed E-state index contributed by atoms with van der Waals surface area (Å²) in [5, 5.41) is 0. The molecule has 0 radical (unpaired) electrons. The Bertz CT molecular complexity index is 464. The molecular weight excluding hydrogens is 262 g/mol. The third-order valence-corrected chi connectivity index (χ3v) is 3.86. The summed E-state index contributed by atoms with van der Waals surface area (Å²) in [5.74, 6) is 7.54. The number of ether oxygens (including phenoxy) is 2. The highest BCUT2D eigenvalue weighted by Gasteiger charge is 2.18. The van der Waals surface area contributed by atoms with Crippen LogP contribution in [0.4, 0.5) is 0 Å². The lowest BCUT2D eigenvalue weighted by molar-refractivity contribution is 0.00570. The first-order valence-corrected chi connectivity index (χ1v) is 7.81. The van der Waals surface area contributed by atoms with Crippen molar-refractivity contribution in [3.05, 3.63) is 29.8 Å². The maximum Gasteiger partial charge on any atom is 0.119 e. The monoisotopic (exact) mass is 287 g/mol. The van der Waals surface area contributed by atoms with E-state index in [1.54, 1.807) is 0 Å². The van der Waals surface area contributed by atoms with Crippen molar-refractivity contribution in [2.24, 2.45) is 11.7 Å². The second kappa shape index (κ2) is 8.71. The maximum absolute atomic E-state index is 5.87. The Kier molecular flexibility index (Phi) is 6.59. The van der Waals surface area contributed by atoms with Crippen LogP contribution >= 0.6 is 0 Å². The Morgan fingerprint density at radius 2 is 1.81 bits per heavy atom. The third kappa shape index (κ3) is 5.79. The molecule has 0 unspecified atom stereocenters. The first kappa shape index (κ1) is 15.9. The van der Waals surface area contributed by atoms with Gasteiger partial charge in [0.05, 0.1) is 19.3 Å². The lowest BCUT2D eigenvalue weighted by Crippen LogP contribution is -2.22.